The number of rotatable bonds is 16. The number of hydrogen-bond acceptors (Lipinski definition) is 7. The van der Waals surface area contributed by atoms with E-state index < -0.39 is 40.2 Å². The molecule has 0 heterocycles. The highest BCUT2D eigenvalue weighted by molar-refractivity contribution is 7.92. The van der Waals surface area contributed by atoms with E-state index in [1.54, 1.807) is 18.2 Å². The van der Waals surface area contributed by atoms with Gasteiger partial charge in [-0.05, 0) is 62.7 Å². The van der Waals surface area contributed by atoms with Gasteiger partial charge in [0.05, 0.1) is 31.4 Å². The Morgan fingerprint density at radius 2 is 1.64 bits per heavy atom. The molecule has 0 spiro atoms. The molecule has 0 bridgehead atoms. The Balaban J connectivity index is 2.07. The lowest BCUT2D eigenvalue weighted by Crippen LogP contribution is -2.51. The Kier molecular flexibility index (Phi) is 12.4. The Labute approximate surface area is 258 Å². The van der Waals surface area contributed by atoms with E-state index in [1.165, 1.54) is 74.6 Å². The van der Waals surface area contributed by atoms with Gasteiger partial charge in [0.15, 0.2) is 11.5 Å². The molecule has 0 aliphatic rings. The van der Waals surface area contributed by atoms with Crippen LogP contribution in [0.25, 0.3) is 0 Å². The molecule has 3 aromatic carbocycles. The molecule has 10 nitrogen and oxygen atoms in total. The molecule has 0 aromatic heterocycles. The Morgan fingerprint density at radius 1 is 0.955 bits per heavy atom. The maximum Gasteiger partial charge on any atom is 0.264 e. The number of carbonyl (C=O) groups is 2. The van der Waals surface area contributed by atoms with Crippen molar-refractivity contribution in [3.8, 4) is 17.2 Å². The Morgan fingerprint density at radius 3 is 2.25 bits per heavy atom. The molecule has 0 aliphatic heterocycles. The molecule has 0 saturated carbocycles. The van der Waals surface area contributed by atoms with Crippen LogP contribution in [0.4, 0.5) is 10.1 Å². The highest BCUT2D eigenvalue weighted by atomic mass is 32.2. The van der Waals surface area contributed by atoms with Crippen LogP contribution in [0.1, 0.15) is 39.2 Å². The lowest BCUT2D eigenvalue weighted by atomic mass is 10.1. The number of methoxy groups -OCH3 is 2. The maximum atomic E-state index is 14.7. The summed E-state index contributed by atoms with van der Waals surface area (Å²) in [4.78, 5) is 28.1. The number of carbonyl (C=O) groups excluding carboxylic acids is 2. The van der Waals surface area contributed by atoms with Crippen molar-refractivity contribution >= 4 is 27.5 Å². The molecule has 1 N–H and O–H groups in total. The summed E-state index contributed by atoms with van der Waals surface area (Å²) in [5.74, 6) is -0.656. The van der Waals surface area contributed by atoms with Crippen LogP contribution in [-0.4, -0.2) is 65.1 Å². The fourth-order valence-electron chi connectivity index (χ4n) is 4.44. The third-order valence-electron chi connectivity index (χ3n) is 6.95. The molecule has 12 heteroatoms. The molecular weight excluding hydrogens is 589 g/mol. The highest BCUT2D eigenvalue weighted by Crippen LogP contribution is 2.33. The first-order valence-electron chi connectivity index (χ1n) is 14.4. The fraction of sp³-hybridized carbons (Fsp3) is 0.375. The van der Waals surface area contributed by atoms with E-state index in [0.717, 1.165) is 17.1 Å². The number of sulfonamides is 1. The van der Waals surface area contributed by atoms with Crippen molar-refractivity contribution in [1.29, 1.82) is 0 Å². The molecular formula is C32H40FN3O7S. The molecule has 3 aromatic rings. The summed E-state index contributed by atoms with van der Waals surface area (Å²) < 4.78 is 60.0. The van der Waals surface area contributed by atoms with Crippen LogP contribution in [0.3, 0.4) is 0 Å². The molecule has 1 unspecified atom stereocenters. The van der Waals surface area contributed by atoms with E-state index in [-0.39, 0.29) is 28.4 Å². The zero-order chi connectivity index (χ0) is 32.3. The first-order chi connectivity index (χ1) is 21.1. The van der Waals surface area contributed by atoms with Crippen molar-refractivity contribution in [3.05, 3.63) is 78.1 Å². The average molecular weight is 630 g/mol. The van der Waals surface area contributed by atoms with Gasteiger partial charge in [0.1, 0.15) is 24.2 Å². The van der Waals surface area contributed by atoms with Crippen LogP contribution in [0, 0.1) is 5.82 Å². The smallest absolute Gasteiger partial charge is 0.264 e. The van der Waals surface area contributed by atoms with Crippen LogP contribution < -0.4 is 23.8 Å². The molecule has 1 atom stereocenters. The summed E-state index contributed by atoms with van der Waals surface area (Å²) in [6.07, 6.45) is 1.60. The van der Waals surface area contributed by atoms with Crippen molar-refractivity contribution in [3.63, 3.8) is 0 Å². The minimum absolute atomic E-state index is 0.150. The number of nitrogens with zero attached hydrogens (tertiary/aromatic N) is 2. The molecule has 2 amide bonds. The summed E-state index contributed by atoms with van der Waals surface area (Å²) in [5.41, 5.74) is 0.368. The van der Waals surface area contributed by atoms with E-state index in [1.807, 2.05) is 13.8 Å². The predicted molar refractivity (Wildman–Crippen MR) is 166 cm³/mol. The van der Waals surface area contributed by atoms with E-state index >= 15 is 0 Å². The van der Waals surface area contributed by atoms with Crippen LogP contribution >= 0.6 is 0 Å². The van der Waals surface area contributed by atoms with Crippen molar-refractivity contribution in [1.82, 2.24) is 10.2 Å². The van der Waals surface area contributed by atoms with Gasteiger partial charge in [-0.3, -0.25) is 13.9 Å². The average Bonchev–Trinajstić information content (AvgIpc) is 3.03. The number of hydrogen-bond donors (Lipinski definition) is 1. The summed E-state index contributed by atoms with van der Waals surface area (Å²) in [5, 5.41) is 2.80. The quantitative estimate of drug-likeness (QED) is 0.227. The zero-order valence-electron chi connectivity index (χ0n) is 25.7. The number of anilines is 1. The van der Waals surface area contributed by atoms with Gasteiger partial charge < -0.3 is 24.4 Å². The van der Waals surface area contributed by atoms with Gasteiger partial charge in [-0.1, -0.05) is 31.5 Å². The fourth-order valence-corrected chi connectivity index (χ4v) is 5.87. The number of amides is 2. The van der Waals surface area contributed by atoms with Gasteiger partial charge in [-0.15, -0.1) is 0 Å². The van der Waals surface area contributed by atoms with Crippen molar-refractivity contribution in [2.24, 2.45) is 0 Å². The Hall–Kier alpha value is -4.32. The Bertz CT molecular complexity index is 1520. The number of nitrogens with one attached hydrogen (secondary N) is 1. The molecule has 238 valence electrons. The van der Waals surface area contributed by atoms with Gasteiger partial charge in [-0.2, -0.15) is 0 Å². The summed E-state index contributed by atoms with van der Waals surface area (Å²) in [6, 6.07) is 15.3. The third-order valence-corrected chi connectivity index (χ3v) is 8.72. The summed E-state index contributed by atoms with van der Waals surface area (Å²) in [7, 11) is -1.56. The van der Waals surface area contributed by atoms with Crippen LogP contribution in [0.5, 0.6) is 17.2 Å². The first-order valence-corrected chi connectivity index (χ1v) is 15.8. The van der Waals surface area contributed by atoms with Gasteiger partial charge in [0.25, 0.3) is 10.0 Å². The summed E-state index contributed by atoms with van der Waals surface area (Å²) >= 11 is 0. The summed E-state index contributed by atoms with van der Waals surface area (Å²) in [6.45, 7) is 5.24. The first kappa shape index (κ1) is 34.2. The predicted octanol–water partition coefficient (Wildman–Crippen LogP) is 4.77. The van der Waals surface area contributed by atoms with Crippen LogP contribution in [-0.2, 0) is 26.2 Å². The molecule has 3 rings (SSSR count). The standard InChI is InChI=1S/C32H40FN3O7S/c1-6-8-19-34-32(38)23(3)35(21-24-11-9-10-12-28(24)33)31(37)22-36(25-13-15-26(16-14-25)43-7-2)44(39,40)27-17-18-29(41-4)30(20-27)42-5/h9-18,20,23H,6-8,19,21-22H2,1-5H3,(H,34,38). The second-order valence-electron chi connectivity index (χ2n) is 9.89. The van der Waals surface area contributed by atoms with Gasteiger partial charge in [0.2, 0.25) is 11.8 Å². The molecule has 0 fully saturated rings. The third kappa shape index (κ3) is 8.40. The van der Waals surface area contributed by atoms with Crippen LogP contribution in [0.2, 0.25) is 0 Å². The minimum atomic E-state index is -4.38. The normalized spacial score (nSPS) is 11.8. The molecule has 0 aliphatic carbocycles. The van der Waals surface area contributed by atoms with Gasteiger partial charge in [0, 0.05) is 24.7 Å². The highest BCUT2D eigenvalue weighted by Gasteiger charge is 2.33. The SMILES string of the molecule is CCCCNC(=O)C(C)N(Cc1ccccc1F)C(=O)CN(c1ccc(OCC)cc1)S(=O)(=O)c1ccc(OC)c(OC)c1. The molecule has 44 heavy (non-hydrogen) atoms. The van der Waals surface area contributed by atoms with E-state index in [0.29, 0.717) is 24.7 Å². The van der Waals surface area contributed by atoms with E-state index in [2.05, 4.69) is 5.32 Å². The zero-order valence-corrected chi connectivity index (χ0v) is 26.5. The largest absolute Gasteiger partial charge is 0.494 e. The topological polar surface area (TPSA) is 114 Å². The number of benzene rings is 3. The lowest BCUT2D eigenvalue weighted by molar-refractivity contribution is -0.139. The van der Waals surface area contributed by atoms with Gasteiger partial charge >= 0.3 is 0 Å². The van der Waals surface area contributed by atoms with Crippen molar-refractivity contribution in [2.75, 3.05) is 38.2 Å². The number of unbranched alkanes of at least 4 members (excludes halogenated alkanes) is 1. The minimum Gasteiger partial charge on any atom is -0.494 e. The van der Waals surface area contributed by atoms with Crippen molar-refractivity contribution < 1.29 is 36.6 Å². The monoisotopic (exact) mass is 629 g/mol. The van der Waals surface area contributed by atoms with E-state index in [9.17, 15) is 22.4 Å². The van der Waals surface area contributed by atoms with Crippen LogP contribution in [0.15, 0.2) is 71.6 Å². The molecule has 0 saturated heterocycles. The van der Waals surface area contributed by atoms with Gasteiger partial charge in [-0.25, -0.2) is 12.8 Å². The second-order valence-corrected chi connectivity index (χ2v) is 11.8. The lowest BCUT2D eigenvalue weighted by Gasteiger charge is -2.32. The number of halogens is 1. The van der Waals surface area contributed by atoms with E-state index in [4.69, 9.17) is 14.2 Å². The molecule has 0 radical (unpaired) electrons. The van der Waals surface area contributed by atoms with Crippen molar-refractivity contribution in [2.45, 2.75) is 51.1 Å². The maximum absolute atomic E-state index is 14.7. The second kappa shape index (κ2) is 15.9. The number of ether oxygens (including phenoxy) is 3.